The molecule has 198 valence electrons. The van der Waals surface area contributed by atoms with E-state index in [-0.39, 0.29) is 6.10 Å². The molecule has 0 bridgehead atoms. The van der Waals surface area contributed by atoms with Gasteiger partial charge in [-0.25, -0.2) is 4.79 Å². The first-order valence-electron chi connectivity index (χ1n) is 13.3. The van der Waals surface area contributed by atoms with E-state index >= 15 is 0 Å². The smallest absolute Gasteiger partial charge is 0.352 e. The Morgan fingerprint density at radius 3 is 2.00 bits per heavy atom. The van der Waals surface area contributed by atoms with Crippen LogP contribution in [0.25, 0.3) is 0 Å². The molecule has 0 amide bonds. The van der Waals surface area contributed by atoms with E-state index in [0.29, 0.717) is 28.6 Å². The molecule has 6 heteroatoms. The zero-order chi connectivity index (χ0) is 26.4. The van der Waals surface area contributed by atoms with Crippen molar-refractivity contribution in [1.82, 2.24) is 0 Å². The van der Waals surface area contributed by atoms with E-state index in [1.165, 1.54) is 6.92 Å². The number of benzene rings is 1. The number of rotatable bonds is 16. The Morgan fingerprint density at radius 1 is 0.886 bits per heavy atom. The molecule has 0 saturated carbocycles. The van der Waals surface area contributed by atoms with Gasteiger partial charge in [-0.15, -0.1) is 0 Å². The first-order valence-corrected chi connectivity index (χ1v) is 15.5. The van der Waals surface area contributed by atoms with E-state index in [2.05, 4.69) is 54.5 Å². The first kappa shape index (κ1) is 30.9. The predicted molar refractivity (Wildman–Crippen MR) is 145 cm³/mol. The Kier molecular flexibility index (Phi) is 14.0. The minimum atomic E-state index is -1.95. The number of esters is 2. The molecule has 5 nitrogen and oxygen atoms in total. The summed E-state index contributed by atoms with van der Waals surface area (Å²) in [5.41, 5.74) is 2.17. The van der Waals surface area contributed by atoms with Crippen molar-refractivity contribution in [3.8, 4) is 0 Å². The summed E-state index contributed by atoms with van der Waals surface area (Å²) in [6, 6.07) is 9.04. The summed E-state index contributed by atoms with van der Waals surface area (Å²) in [5.74, 6) is -1.02. The molecule has 2 atom stereocenters. The van der Waals surface area contributed by atoms with E-state index in [9.17, 15) is 9.59 Å². The Bertz CT molecular complexity index is 751. The minimum absolute atomic E-state index is 0.234. The second-order valence-electron chi connectivity index (χ2n) is 10.3. The van der Waals surface area contributed by atoms with Gasteiger partial charge in [-0.05, 0) is 42.3 Å². The standard InChI is InChI=1S/C29H48O5Si/c1-9-10-12-19-27(20-15-16-21-32-35(22(2)3,23(4)5)24(6)7)34-29(31)28(33-25(8)30)26-17-13-11-14-18-26/h11,13-14,16-18,21-24,27-28H,9-10,12,15,19-20H2,1-8H3/b21-16+/t27-,28+/m1/s1. The van der Waals surface area contributed by atoms with Crippen LogP contribution in [0, 0.1) is 0 Å². The maximum Gasteiger partial charge on any atom is 0.352 e. The second-order valence-corrected chi connectivity index (χ2v) is 15.7. The summed E-state index contributed by atoms with van der Waals surface area (Å²) in [6.07, 6.45) is 8.10. The number of hydrogen-bond acceptors (Lipinski definition) is 5. The number of carbonyl (C=O) groups excluding carboxylic acids is 2. The number of ether oxygens (including phenoxy) is 2. The SMILES string of the molecule is CCCCC[C@H](CC/C=C/O[Si](C(C)C)(C(C)C)C(C)C)OC(=O)[C@@H](OC(C)=O)c1ccccc1. The molecule has 0 aliphatic heterocycles. The van der Waals surface area contributed by atoms with Gasteiger partial charge in [0.1, 0.15) is 6.10 Å². The fourth-order valence-electron chi connectivity index (χ4n) is 5.08. The van der Waals surface area contributed by atoms with Gasteiger partial charge in [0.25, 0.3) is 8.32 Å². The van der Waals surface area contributed by atoms with Gasteiger partial charge in [0.15, 0.2) is 0 Å². The van der Waals surface area contributed by atoms with Crippen molar-refractivity contribution in [2.24, 2.45) is 0 Å². The van der Waals surface area contributed by atoms with Crippen LogP contribution in [-0.4, -0.2) is 26.4 Å². The van der Waals surface area contributed by atoms with E-state index < -0.39 is 26.4 Å². The average molecular weight is 505 g/mol. The van der Waals surface area contributed by atoms with E-state index in [1.54, 1.807) is 12.1 Å². The summed E-state index contributed by atoms with van der Waals surface area (Å²) in [7, 11) is -1.95. The monoisotopic (exact) mass is 504 g/mol. The summed E-state index contributed by atoms with van der Waals surface area (Å²) < 4.78 is 17.7. The largest absolute Gasteiger partial charge is 0.548 e. The van der Waals surface area contributed by atoms with Crippen molar-refractivity contribution in [3.63, 3.8) is 0 Å². The van der Waals surface area contributed by atoms with E-state index in [4.69, 9.17) is 13.9 Å². The average Bonchev–Trinajstić information content (AvgIpc) is 2.79. The number of carbonyl (C=O) groups is 2. The zero-order valence-electron chi connectivity index (χ0n) is 23.2. The maximum absolute atomic E-state index is 13.0. The Labute approximate surface area is 214 Å². The van der Waals surface area contributed by atoms with Crippen molar-refractivity contribution in [1.29, 1.82) is 0 Å². The molecule has 0 aliphatic rings. The molecule has 1 aromatic carbocycles. The number of allylic oxidation sites excluding steroid dienone is 1. The summed E-state index contributed by atoms with van der Waals surface area (Å²) in [5, 5.41) is 0. The van der Waals surface area contributed by atoms with Crippen molar-refractivity contribution in [2.75, 3.05) is 0 Å². The van der Waals surface area contributed by atoms with Crippen molar-refractivity contribution in [2.45, 2.75) is 123 Å². The van der Waals surface area contributed by atoms with Crippen LogP contribution in [0.3, 0.4) is 0 Å². The molecule has 0 aliphatic carbocycles. The van der Waals surface area contributed by atoms with Crippen LogP contribution in [0.2, 0.25) is 16.6 Å². The summed E-state index contributed by atoms with van der Waals surface area (Å²) in [6.45, 7) is 17.1. The highest BCUT2D eigenvalue weighted by molar-refractivity contribution is 6.77. The van der Waals surface area contributed by atoms with Gasteiger partial charge in [-0.2, -0.15) is 0 Å². The lowest BCUT2D eigenvalue weighted by Gasteiger charge is -2.41. The lowest BCUT2D eigenvalue weighted by molar-refractivity contribution is -0.171. The van der Waals surface area contributed by atoms with Crippen LogP contribution in [0.4, 0.5) is 0 Å². The fraction of sp³-hybridized carbons (Fsp3) is 0.655. The van der Waals surface area contributed by atoms with E-state index in [1.807, 2.05) is 24.5 Å². The molecular weight excluding hydrogens is 456 g/mol. The summed E-state index contributed by atoms with van der Waals surface area (Å²) in [4.78, 5) is 24.7. The maximum atomic E-state index is 13.0. The molecule has 0 spiro atoms. The Hall–Kier alpha value is -2.08. The van der Waals surface area contributed by atoms with Crippen LogP contribution in [0.1, 0.15) is 106 Å². The Balaban J connectivity index is 2.86. The van der Waals surface area contributed by atoms with Gasteiger partial charge < -0.3 is 13.9 Å². The van der Waals surface area contributed by atoms with Crippen molar-refractivity contribution < 1.29 is 23.5 Å². The molecule has 0 N–H and O–H groups in total. The predicted octanol–water partition coefficient (Wildman–Crippen LogP) is 8.27. The van der Waals surface area contributed by atoms with Gasteiger partial charge >= 0.3 is 11.9 Å². The van der Waals surface area contributed by atoms with Crippen LogP contribution >= 0.6 is 0 Å². The van der Waals surface area contributed by atoms with Crippen LogP contribution in [-0.2, 0) is 23.5 Å². The molecule has 0 heterocycles. The number of hydrogen-bond donors (Lipinski definition) is 0. The quantitative estimate of drug-likeness (QED) is 0.0981. The molecule has 0 fully saturated rings. The third-order valence-electron chi connectivity index (χ3n) is 6.74. The highest BCUT2D eigenvalue weighted by Gasteiger charge is 2.46. The minimum Gasteiger partial charge on any atom is -0.548 e. The molecular formula is C29H48O5Si. The molecule has 0 saturated heterocycles. The Morgan fingerprint density at radius 2 is 1.49 bits per heavy atom. The van der Waals surface area contributed by atoms with Gasteiger partial charge in [-0.3, -0.25) is 4.79 Å². The fourth-order valence-corrected chi connectivity index (χ4v) is 10.2. The highest BCUT2D eigenvalue weighted by atomic mass is 28.4. The molecule has 35 heavy (non-hydrogen) atoms. The highest BCUT2D eigenvalue weighted by Crippen LogP contribution is 2.42. The van der Waals surface area contributed by atoms with Gasteiger partial charge in [0.05, 0.1) is 6.26 Å². The molecule has 1 rings (SSSR count). The molecule has 1 aromatic rings. The van der Waals surface area contributed by atoms with Crippen LogP contribution < -0.4 is 0 Å². The van der Waals surface area contributed by atoms with E-state index in [0.717, 1.165) is 32.1 Å². The van der Waals surface area contributed by atoms with Crippen molar-refractivity contribution >= 4 is 20.3 Å². The van der Waals surface area contributed by atoms with Gasteiger partial charge in [0, 0.05) is 12.5 Å². The zero-order valence-corrected chi connectivity index (χ0v) is 24.2. The van der Waals surface area contributed by atoms with Gasteiger partial charge in [-0.1, -0.05) is 97.7 Å². The first-order chi connectivity index (χ1) is 16.6. The lowest BCUT2D eigenvalue weighted by atomic mass is 10.1. The molecule has 0 aromatic heterocycles. The van der Waals surface area contributed by atoms with Gasteiger partial charge in [0.2, 0.25) is 6.10 Å². The normalized spacial score (nSPS) is 13.9. The van der Waals surface area contributed by atoms with Crippen molar-refractivity contribution in [3.05, 3.63) is 48.2 Å². The lowest BCUT2D eigenvalue weighted by Crippen LogP contribution is -2.46. The summed E-state index contributed by atoms with van der Waals surface area (Å²) >= 11 is 0. The third kappa shape index (κ3) is 9.83. The van der Waals surface area contributed by atoms with Crippen LogP contribution in [0.15, 0.2) is 42.7 Å². The topological polar surface area (TPSA) is 61.8 Å². The second kappa shape index (κ2) is 15.8. The number of unbranched alkanes of at least 4 members (excludes halogenated alkanes) is 2. The molecule has 0 unspecified atom stereocenters. The third-order valence-corrected chi connectivity index (χ3v) is 12.7. The van der Waals surface area contributed by atoms with Crippen LogP contribution in [0.5, 0.6) is 0 Å². The molecule has 0 radical (unpaired) electrons.